The van der Waals surface area contributed by atoms with E-state index in [9.17, 15) is 8.42 Å². The minimum absolute atomic E-state index is 0.115. The molecule has 2 fully saturated rings. The third-order valence-corrected chi connectivity index (χ3v) is 6.92. The van der Waals surface area contributed by atoms with Crippen LogP contribution < -0.4 is 5.73 Å². The molecule has 2 unspecified atom stereocenters. The number of anilines is 1. The molecule has 1 aliphatic carbocycles. The van der Waals surface area contributed by atoms with Gasteiger partial charge in [-0.1, -0.05) is 12.8 Å². The van der Waals surface area contributed by atoms with Crippen LogP contribution in [-0.2, 0) is 17.1 Å². The van der Waals surface area contributed by atoms with Crippen LogP contribution in [0.4, 0.5) is 5.82 Å². The number of sulfonamides is 1. The maximum Gasteiger partial charge on any atom is 0.248 e. The van der Waals surface area contributed by atoms with Gasteiger partial charge < -0.3 is 5.73 Å². The van der Waals surface area contributed by atoms with Crippen molar-refractivity contribution in [2.24, 2.45) is 13.0 Å². The molecule has 0 aromatic carbocycles. The van der Waals surface area contributed by atoms with Crippen molar-refractivity contribution in [2.75, 3.05) is 12.3 Å². The smallest absolute Gasteiger partial charge is 0.248 e. The summed E-state index contributed by atoms with van der Waals surface area (Å²) in [6.07, 6.45) is 5.45. The zero-order chi connectivity index (χ0) is 14.5. The Hall–Kier alpha value is -1.08. The van der Waals surface area contributed by atoms with Gasteiger partial charge in [-0.2, -0.15) is 9.40 Å². The van der Waals surface area contributed by atoms with Crippen molar-refractivity contribution < 1.29 is 8.42 Å². The van der Waals surface area contributed by atoms with E-state index in [1.54, 1.807) is 18.3 Å². The second-order valence-electron chi connectivity index (χ2n) is 5.94. The normalized spacial score (nSPS) is 27.7. The van der Waals surface area contributed by atoms with Gasteiger partial charge >= 0.3 is 0 Å². The van der Waals surface area contributed by atoms with E-state index in [1.807, 2.05) is 0 Å². The predicted molar refractivity (Wildman–Crippen MR) is 76.6 cm³/mol. The van der Waals surface area contributed by atoms with Crippen LogP contribution in [0.2, 0.25) is 0 Å². The molecule has 2 heterocycles. The molecule has 1 saturated carbocycles. The van der Waals surface area contributed by atoms with E-state index in [0.29, 0.717) is 18.2 Å². The topological polar surface area (TPSA) is 81.2 Å². The summed E-state index contributed by atoms with van der Waals surface area (Å²) in [7, 11) is -1.80. The van der Waals surface area contributed by atoms with Crippen molar-refractivity contribution in [3.8, 4) is 0 Å². The van der Waals surface area contributed by atoms with Gasteiger partial charge in [-0.15, -0.1) is 0 Å². The summed E-state index contributed by atoms with van der Waals surface area (Å²) in [5.74, 6) is 0.640. The monoisotopic (exact) mass is 298 g/mol. The van der Waals surface area contributed by atoms with Crippen LogP contribution in [0.3, 0.4) is 0 Å². The predicted octanol–water partition coefficient (Wildman–Crippen LogP) is 1.26. The highest BCUT2D eigenvalue weighted by Crippen LogP contribution is 2.40. The lowest BCUT2D eigenvalue weighted by Crippen LogP contribution is -2.39. The minimum Gasteiger partial charge on any atom is -0.381 e. The van der Waals surface area contributed by atoms with Crippen molar-refractivity contribution in [3.05, 3.63) is 5.69 Å². The van der Waals surface area contributed by atoms with E-state index in [0.717, 1.165) is 25.7 Å². The highest BCUT2D eigenvalue weighted by Gasteiger charge is 2.44. The molecule has 0 radical (unpaired) electrons. The molecule has 3 rings (SSSR count). The molecule has 7 heteroatoms. The molecular formula is C13H22N4O2S. The second-order valence-corrected chi connectivity index (χ2v) is 7.77. The van der Waals surface area contributed by atoms with Crippen molar-refractivity contribution in [3.63, 3.8) is 0 Å². The Bertz CT molecular complexity index is 623. The van der Waals surface area contributed by atoms with Gasteiger partial charge in [0, 0.05) is 19.6 Å². The average molecular weight is 298 g/mol. The number of rotatable bonds is 2. The first-order valence-corrected chi connectivity index (χ1v) is 8.68. The standard InChI is InChI=1S/C13H22N4O2S/c1-9-12(13(14)15-16(9)2)20(18,19)17-8-7-10-5-3-4-6-11(10)17/h10-11H,3-8H2,1-2H3,(H2,14,15). The Morgan fingerprint density at radius 3 is 2.60 bits per heavy atom. The van der Waals surface area contributed by atoms with Crippen LogP contribution in [0.1, 0.15) is 37.8 Å². The average Bonchev–Trinajstić information content (AvgIpc) is 2.92. The van der Waals surface area contributed by atoms with Crippen LogP contribution >= 0.6 is 0 Å². The lowest BCUT2D eigenvalue weighted by atomic mass is 9.86. The molecular weight excluding hydrogens is 276 g/mol. The van der Waals surface area contributed by atoms with Crippen LogP contribution in [0.25, 0.3) is 0 Å². The van der Waals surface area contributed by atoms with Crippen LogP contribution in [0, 0.1) is 12.8 Å². The first kappa shape index (κ1) is 13.9. The lowest BCUT2D eigenvalue weighted by Gasteiger charge is -2.30. The quantitative estimate of drug-likeness (QED) is 0.891. The molecule has 6 nitrogen and oxygen atoms in total. The number of aryl methyl sites for hydroxylation is 1. The van der Waals surface area contributed by atoms with Gasteiger partial charge in [0.2, 0.25) is 10.0 Å². The summed E-state index contributed by atoms with van der Waals surface area (Å²) in [4.78, 5) is 0.200. The van der Waals surface area contributed by atoms with E-state index < -0.39 is 10.0 Å². The molecule has 2 N–H and O–H groups in total. The third-order valence-electron chi connectivity index (χ3n) is 4.83. The fourth-order valence-corrected chi connectivity index (χ4v) is 5.74. The number of hydrogen-bond donors (Lipinski definition) is 1. The van der Waals surface area contributed by atoms with E-state index in [-0.39, 0.29) is 16.8 Å². The molecule has 1 saturated heterocycles. The highest BCUT2D eigenvalue weighted by molar-refractivity contribution is 7.89. The van der Waals surface area contributed by atoms with Gasteiger partial charge in [-0.25, -0.2) is 8.42 Å². The van der Waals surface area contributed by atoms with Gasteiger partial charge in [-0.3, -0.25) is 4.68 Å². The fourth-order valence-electron chi connectivity index (χ4n) is 3.71. The van der Waals surface area contributed by atoms with Crippen LogP contribution in [0.15, 0.2) is 4.90 Å². The molecule has 20 heavy (non-hydrogen) atoms. The maximum atomic E-state index is 12.9. The fraction of sp³-hybridized carbons (Fsp3) is 0.769. The Balaban J connectivity index is 2.00. The summed E-state index contributed by atoms with van der Waals surface area (Å²) in [5.41, 5.74) is 6.44. The van der Waals surface area contributed by atoms with Crippen molar-refractivity contribution in [1.29, 1.82) is 0 Å². The summed E-state index contributed by atoms with van der Waals surface area (Å²) >= 11 is 0. The molecule has 0 spiro atoms. The van der Waals surface area contributed by atoms with Crippen molar-refractivity contribution in [1.82, 2.24) is 14.1 Å². The molecule has 2 aliphatic rings. The zero-order valence-electron chi connectivity index (χ0n) is 12.0. The van der Waals surface area contributed by atoms with E-state index in [4.69, 9.17) is 5.73 Å². The van der Waals surface area contributed by atoms with Crippen LogP contribution in [0.5, 0.6) is 0 Å². The van der Waals surface area contributed by atoms with Crippen LogP contribution in [-0.4, -0.2) is 35.1 Å². The summed E-state index contributed by atoms with van der Waals surface area (Å²) in [6, 6.07) is 0.160. The zero-order valence-corrected chi connectivity index (χ0v) is 12.9. The highest BCUT2D eigenvalue weighted by atomic mass is 32.2. The summed E-state index contributed by atoms with van der Waals surface area (Å²) < 4.78 is 29.1. The first-order chi connectivity index (χ1) is 9.43. The number of nitrogens with zero attached hydrogens (tertiary/aromatic N) is 3. The molecule has 1 aromatic rings. The van der Waals surface area contributed by atoms with Crippen molar-refractivity contribution in [2.45, 2.75) is 50.0 Å². The lowest BCUT2D eigenvalue weighted by molar-refractivity contribution is 0.260. The number of aromatic nitrogens is 2. The van der Waals surface area contributed by atoms with Gasteiger partial charge in [-0.05, 0) is 32.1 Å². The van der Waals surface area contributed by atoms with E-state index >= 15 is 0 Å². The first-order valence-electron chi connectivity index (χ1n) is 7.24. The molecule has 0 bridgehead atoms. The number of fused-ring (bicyclic) bond motifs is 1. The Morgan fingerprint density at radius 1 is 1.25 bits per heavy atom. The van der Waals surface area contributed by atoms with Gasteiger partial charge in [0.25, 0.3) is 0 Å². The number of hydrogen-bond acceptors (Lipinski definition) is 4. The van der Waals surface area contributed by atoms with E-state index in [2.05, 4.69) is 5.10 Å². The Labute approximate surface area is 120 Å². The summed E-state index contributed by atoms with van der Waals surface area (Å²) in [5, 5.41) is 4.04. The Kier molecular flexibility index (Phi) is 3.29. The molecule has 1 aromatic heterocycles. The second kappa shape index (κ2) is 4.73. The van der Waals surface area contributed by atoms with Gasteiger partial charge in [0.15, 0.2) is 5.82 Å². The largest absolute Gasteiger partial charge is 0.381 e. The number of nitrogens with two attached hydrogens (primary N) is 1. The Morgan fingerprint density at radius 2 is 1.95 bits per heavy atom. The summed E-state index contributed by atoms with van der Waals surface area (Å²) in [6.45, 7) is 2.37. The maximum absolute atomic E-state index is 12.9. The minimum atomic E-state index is -3.52. The van der Waals surface area contributed by atoms with Gasteiger partial charge in [0.05, 0.1) is 5.69 Å². The molecule has 1 aliphatic heterocycles. The van der Waals surface area contributed by atoms with Gasteiger partial charge in [0.1, 0.15) is 4.90 Å². The van der Waals surface area contributed by atoms with E-state index in [1.165, 1.54) is 11.1 Å². The number of nitrogen functional groups attached to an aromatic ring is 1. The third kappa shape index (κ3) is 1.95. The SMILES string of the molecule is Cc1c(S(=O)(=O)N2CCC3CCCCC32)c(N)nn1C. The molecule has 2 atom stereocenters. The molecule has 0 amide bonds. The molecule has 112 valence electrons. The van der Waals surface area contributed by atoms with Crippen molar-refractivity contribution >= 4 is 15.8 Å².